The molecule has 2 fully saturated rings. The molecule has 142 valence electrons. The molecule has 3 rings (SSSR count). The van der Waals surface area contributed by atoms with E-state index in [1.54, 1.807) is 0 Å². The summed E-state index contributed by atoms with van der Waals surface area (Å²) in [4.78, 5) is -0.0389. The number of halogens is 1. The number of benzene rings is 1. The van der Waals surface area contributed by atoms with E-state index >= 15 is 0 Å². The summed E-state index contributed by atoms with van der Waals surface area (Å²) < 4.78 is 54.3. The lowest BCUT2D eigenvalue weighted by atomic mass is 10.1. The first-order chi connectivity index (χ1) is 11.4. The van der Waals surface area contributed by atoms with Crippen LogP contribution in [0.25, 0.3) is 0 Å². The molecule has 2 aliphatic rings. The Morgan fingerprint density at radius 3 is 2.32 bits per heavy atom. The summed E-state index contributed by atoms with van der Waals surface area (Å²) >= 11 is 0. The van der Waals surface area contributed by atoms with E-state index < -0.39 is 20.0 Å². The second-order valence-electron chi connectivity index (χ2n) is 6.42. The molecule has 0 aromatic heterocycles. The zero-order chi connectivity index (χ0) is 17.2. The van der Waals surface area contributed by atoms with Gasteiger partial charge in [-0.25, -0.2) is 26.3 Å². The van der Waals surface area contributed by atoms with Crippen LogP contribution in [0.4, 0.5) is 0 Å². The summed E-state index contributed by atoms with van der Waals surface area (Å²) in [6.07, 6.45) is 3.49. The SMILES string of the molecule is Cl.O=S(=O)(NCCC1CCNC1)c1cccc(S(=O)(=O)NC2CC2)c1. The van der Waals surface area contributed by atoms with Gasteiger partial charge in [-0.1, -0.05) is 6.07 Å². The Morgan fingerprint density at radius 1 is 1.04 bits per heavy atom. The highest BCUT2D eigenvalue weighted by atomic mass is 35.5. The van der Waals surface area contributed by atoms with Crippen LogP contribution >= 0.6 is 12.4 Å². The van der Waals surface area contributed by atoms with Crippen molar-refractivity contribution in [3.8, 4) is 0 Å². The summed E-state index contributed by atoms with van der Waals surface area (Å²) in [5.74, 6) is 0.488. The van der Waals surface area contributed by atoms with Crippen LogP contribution in [0.15, 0.2) is 34.1 Å². The largest absolute Gasteiger partial charge is 0.316 e. The fourth-order valence-electron chi connectivity index (χ4n) is 2.74. The van der Waals surface area contributed by atoms with Crippen LogP contribution in [0.3, 0.4) is 0 Å². The van der Waals surface area contributed by atoms with Crippen LogP contribution in [0, 0.1) is 5.92 Å². The Kier molecular flexibility index (Phi) is 6.86. The molecule has 1 saturated heterocycles. The fraction of sp³-hybridized carbons (Fsp3) is 0.600. The lowest BCUT2D eigenvalue weighted by Crippen LogP contribution is -2.28. The molecule has 1 unspecified atom stereocenters. The van der Waals surface area contributed by atoms with Gasteiger partial charge in [-0.3, -0.25) is 0 Å². The van der Waals surface area contributed by atoms with Crippen molar-refractivity contribution in [1.82, 2.24) is 14.8 Å². The Balaban J connectivity index is 0.00000225. The molecule has 1 aromatic rings. The number of hydrogen-bond acceptors (Lipinski definition) is 5. The normalized spacial score (nSPS) is 21.0. The highest BCUT2D eigenvalue weighted by Crippen LogP contribution is 2.23. The van der Waals surface area contributed by atoms with E-state index in [-0.39, 0.29) is 28.2 Å². The quantitative estimate of drug-likeness (QED) is 0.589. The maximum Gasteiger partial charge on any atom is 0.240 e. The zero-order valence-corrected chi connectivity index (χ0v) is 16.2. The molecule has 1 aliphatic carbocycles. The third-order valence-corrected chi connectivity index (χ3v) is 7.31. The Morgan fingerprint density at radius 2 is 1.72 bits per heavy atom. The van der Waals surface area contributed by atoms with Crippen LogP contribution in [0.1, 0.15) is 25.7 Å². The molecule has 1 atom stereocenters. The summed E-state index contributed by atoms with van der Waals surface area (Å²) in [6, 6.07) is 5.47. The van der Waals surface area contributed by atoms with Crippen molar-refractivity contribution >= 4 is 32.5 Å². The summed E-state index contributed by atoms with van der Waals surface area (Å²) in [7, 11) is -7.37. The predicted molar refractivity (Wildman–Crippen MR) is 97.8 cm³/mol. The standard InChI is InChI=1S/C15H23N3O4S2.ClH/c19-23(20,17-9-7-12-6-8-16-11-12)14-2-1-3-15(10-14)24(21,22)18-13-4-5-13;/h1-3,10,12-13,16-18H,4-9,11H2;1H. The summed E-state index contributed by atoms with van der Waals surface area (Å²) in [5, 5.41) is 3.25. The minimum atomic E-state index is -3.71. The molecule has 0 radical (unpaired) electrons. The van der Waals surface area contributed by atoms with Crippen molar-refractivity contribution < 1.29 is 16.8 Å². The van der Waals surface area contributed by atoms with E-state index in [0.717, 1.165) is 38.8 Å². The molecule has 0 bridgehead atoms. The molecule has 1 aromatic carbocycles. The van der Waals surface area contributed by atoms with Gasteiger partial charge < -0.3 is 5.32 Å². The van der Waals surface area contributed by atoms with Gasteiger partial charge in [0.2, 0.25) is 20.0 Å². The molecular weight excluding hydrogens is 386 g/mol. The van der Waals surface area contributed by atoms with E-state index in [4.69, 9.17) is 0 Å². The van der Waals surface area contributed by atoms with Crippen molar-refractivity contribution in [2.45, 2.75) is 41.5 Å². The van der Waals surface area contributed by atoms with Crippen molar-refractivity contribution in [2.24, 2.45) is 5.92 Å². The van der Waals surface area contributed by atoms with Gasteiger partial charge in [0.05, 0.1) is 9.79 Å². The smallest absolute Gasteiger partial charge is 0.240 e. The Bertz CT molecular complexity index is 789. The van der Waals surface area contributed by atoms with Crippen molar-refractivity contribution in [3.63, 3.8) is 0 Å². The minimum Gasteiger partial charge on any atom is -0.316 e. The first-order valence-electron chi connectivity index (χ1n) is 8.20. The molecule has 1 aliphatic heterocycles. The number of hydrogen-bond donors (Lipinski definition) is 3. The van der Waals surface area contributed by atoms with Crippen LogP contribution in [-0.2, 0) is 20.0 Å². The van der Waals surface area contributed by atoms with Gasteiger partial charge in [-0.05, 0) is 62.9 Å². The van der Waals surface area contributed by atoms with E-state index in [1.807, 2.05) is 0 Å². The number of sulfonamides is 2. The molecular formula is C15H24ClN3O4S2. The van der Waals surface area contributed by atoms with Gasteiger partial charge in [0.15, 0.2) is 0 Å². The van der Waals surface area contributed by atoms with Crippen LogP contribution in [0.5, 0.6) is 0 Å². The maximum atomic E-state index is 12.4. The number of rotatable bonds is 8. The van der Waals surface area contributed by atoms with E-state index in [2.05, 4.69) is 14.8 Å². The second kappa shape index (κ2) is 8.32. The first kappa shape index (κ1) is 20.6. The molecule has 0 amide bonds. The third kappa shape index (κ3) is 5.63. The molecule has 25 heavy (non-hydrogen) atoms. The van der Waals surface area contributed by atoms with Crippen molar-refractivity contribution in [2.75, 3.05) is 19.6 Å². The van der Waals surface area contributed by atoms with Gasteiger partial charge in [-0.15, -0.1) is 12.4 Å². The predicted octanol–water partition coefficient (Wildman–Crippen LogP) is 0.827. The van der Waals surface area contributed by atoms with Crippen LogP contribution in [0.2, 0.25) is 0 Å². The molecule has 1 saturated carbocycles. The molecule has 7 nitrogen and oxygen atoms in total. The van der Waals surface area contributed by atoms with E-state index in [9.17, 15) is 16.8 Å². The molecule has 3 N–H and O–H groups in total. The summed E-state index contributed by atoms with van der Waals surface area (Å²) in [5.41, 5.74) is 0. The average molecular weight is 410 g/mol. The van der Waals surface area contributed by atoms with Gasteiger partial charge in [0.25, 0.3) is 0 Å². The first-order valence-corrected chi connectivity index (χ1v) is 11.2. The summed E-state index contributed by atoms with van der Waals surface area (Å²) in [6.45, 7) is 2.25. The average Bonchev–Trinajstić information content (AvgIpc) is 3.18. The van der Waals surface area contributed by atoms with E-state index in [0.29, 0.717) is 12.5 Å². The fourth-order valence-corrected chi connectivity index (χ4v) is 5.26. The highest BCUT2D eigenvalue weighted by Gasteiger charge is 2.28. The van der Waals surface area contributed by atoms with Crippen LogP contribution in [-0.4, -0.2) is 42.5 Å². The topological polar surface area (TPSA) is 104 Å². The maximum absolute atomic E-state index is 12.4. The van der Waals surface area contributed by atoms with Gasteiger partial charge in [0.1, 0.15) is 0 Å². The Hall–Kier alpha value is -0.710. The molecule has 1 heterocycles. The number of nitrogens with one attached hydrogen (secondary N) is 3. The van der Waals surface area contributed by atoms with Crippen molar-refractivity contribution in [3.05, 3.63) is 24.3 Å². The minimum absolute atomic E-state index is 0. The molecule has 0 spiro atoms. The Labute approximate surface area is 155 Å². The van der Waals surface area contributed by atoms with Gasteiger partial charge in [0, 0.05) is 12.6 Å². The third-order valence-electron chi connectivity index (χ3n) is 4.33. The van der Waals surface area contributed by atoms with Gasteiger partial charge in [-0.2, -0.15) is 0 Å². The highest BCUT2D eigenvalue weighted by molar-refractivity contribution is 7.90. The van der Waals surface area contributed by atoms with Crippen LogP contribution < -0.4 is 14.8 Å². The van der Waals surface area contributed by atoms with Crippen molar-refractivity contribution in [1.29, 1.82) is 0 Å². The molecule has 10 heteroatoms. The van der Waals surface area contributed by atoms with Gasteiger partial charge >= 0.3 is 0 Å². The lowest BCUT2D eigenvalue weighted by molar-refractivity contribution is 0.519. The monoisotopic (exact) mass is 409 g/mol. The van der Waals surface area contributed by atoms with E-state index in [1.165, 1.54) is 24.3 Å². The zero-order valence-electron chi connectivity index (χ0n) is 13.8. The lowest BCUT2D eigenvalue weighted by Gasteiger charge is -2.11. The second-order valence-corrected chi connectivity index (χ2v) is 9.90.